The van der Waals surface area contributed by atoms with Gasteiger partial charge in [-0.3, -0.25) is 0 Å². The van der Waals surface area contributed by atoms with Crippen molar-refractivity contribution in [2.45, 2.75) is 18.4 Å². The average molecular weight is 192 g/mol. The molecular weight excluding hydrogens is 180 g/mol. The summed E-state index contributed by atoms with van der Waals surface area (Å²) in [6.45, 7) is 0.538. The van der Waals surface area contributed by atoms with Crippen molar-refractivity contribution >= 4 is 5.97 Å². The van der Waals surface area contributed by atoms with Gasteiger partial charge in [-0.25, -0.2) is 4.79 Å². The SMILES string of the molecule is O=C(O)[C@@H]1OCC[C@@H]1c1ccccc1. The smallest absolute Gasteiger partial charge is 0.333 e. The number of hydrogen-bond acceptors (Lipinski definition) is 2. The molecule has 1 N–H and O–H groups in total. The fraction of sp³-hybridized carbons (Fsp3) is 0.364. The standard InChI is InChI=1S/C11H12O3/c12-11(13)10-9(6-7-14-10)8-4-2-1-3-5-8/h1-5,9-10H,6-7H2,(H,12,13)/t9-,10-/m1/s1. The molecule has 0 aromatic heterocycles. The Kier molecular flexibility index (Phi) is 2.50. The largest absolute Gasteiger partial charge is 0.479 e. The van der Waals surface area contributed by atoms with Crippen LogP contribution in [0.3, 0.4) is 0 Å². The minimum atomic E-state index is -0.864. The maximum absolute atomic E-state index is 10.9. The third kappa shape index (κ3) is 1.63. The molecule has 0 radical (unpaired) electrons. The molecule has 1 aliphatic rings. The van der Waals surface area contributed by atoms with Gasteiger partial charge in [0.05, 0.1) is 0 Å². The highest BCUT2D eigenvalue weighted by molar-refractivity contribution is 5.74. The number of benzene rings is 1. The van der Waals surface area contributed by atoms with E-state index >= 15 is 0 Å². The van der Waals surface area contributed by atoms with Crippen molar-refractivity contribution in [3.8, 4) is 0 Å². The fourth-order valence-electron chi connectivity index (χ4n) is 1.87. The lowest BCUT2D eigenvalue weighted by Crippen LogP contribution is -2.24. The first kappa shape index (κ1) is 9.21. The zero-order valence-corrected chi connectivity index (χ0v) is 7.72. The second kappa shape index (κ2) is 3.80. The van der Waals surface area contributed by atoms with E-state index in [2.05, 4.69) is 0 Å². The van der Waals surface area contributed by atoms with Crippen LogP contribution in [0.2, 0.25) is 0 Å². The molecule has 1 saturated heterocycles. The van der Waals surface area contributed by atoms with Crippen LogP contribution in [0.4, 0.5) is 0 Å². The number of ether oxygens (including phenoxy) is 1. The first-order valence-corrected chi connectivity index (χ1v) is 4.68. The predicted molar refractivity (Wildman–Crippen MR) is 51.2 cm³/mol. The Morgan fingerprint density at radius 2 is 2.07 bits per heavy atom. The zero-order valence-electron chi connectivity index (χ0n) is 7.72. The number of rotatable bonds is 2. The van der Waals surface area contributed by atoms with Gasteiger partial charge in [0.2, 0.25) is 0 Å². The van der Waals surface area contributed by atoms with Crippen molar-refractivity contribution < 1.29 is 14.6 Å². The van der Waals surface area contributed by atoms with Gasteiger partial charge in [0.25, 0.3) is 0 Å². The number of hydrogen-bond donors (Lipinski definition) is 1. The summed E-state index contributed by atoms with van der Waals surface area (Å²) in [5, 5.41) is 8.92. The number of aliphatic carboxylic acids is 1. The first-order valence-electron chi connectivity index (χ1n) is 4.68. The Labute approximate surface area is 82.3 Å². The summed E-state index contributed by atoms with van der Waals surface area (Å²) in [6.07, 6.45) is 0.124. The van der Waals surface area contributed by atoms with E-state index in [0.29, 0.717) is 6.61 Å². The Hall–Kier alpha value is -1.35. The van der Waals surface area contributed by atoms with Crippen LogP contribution < -0.4 is 0 Å². The summed E-state index contributed by atoms with van der Waals surface area (Å²) in [6, 6.07) is 9.68. The Balaban J connectivity index is 2.22. The Morgan fingerprint density at radius 1 is 1.36 bits per heavy atom. The summed E-state index contributed by atoms with van der Waals surface area (Å²) < 4.78 is 5.18. The maximum atomic E-state index is 10.9. The first-order chi connectivity index (χ1) is 6.79. The summed E-state index contributed by atoms with van der Waals surface area (Å²) in [7, 11) is 0. The lowest BCUT2D eigenvalue weighted by atomic mass is 9.93. The van der Waals surface area contributed by atoms with Gasteiger partial charge in [-0.1, -0.05) is 30.3 Å². The van der Waals surface area contributed by atoms with Crippen LogP contribution in [0.5, 0.6) is 0 Å². The van der Waals surface area contributed by atoms with Crippen molar-refractivity contribution in [1.29, 1.82) is 0 Å². The molecular formula is C11H12O3. The number of carboxylic acids is 1. The molecule has 0 bridgehead atoms. The van der Waals surface area contributed by atoms with Crippen LogP contribution in [0.1, 0.15) is 17.9 Å². The summed E-state index contributed by atoms with van der Waals surface area (Å²) >= 11 is 0. The van der Waals surface area contributed by atoms with Crippen LogP contribution in [0.25, 0.3) is 0 Å². The molecule has 0 aliphatic carbocycles. The second-order valence-corrected chi connectivity index (χ2v) is 3.44. The van der Waals surface area contributed by atoms with Gasteiger partial charge in [0.15, 0.2) is 6.10 Å². The second-order valence-electron chi connectivity index (χ2n) is 3.44. The zero-order chi connectivity index (χ0) is 9.97. The molecule has 3 heteroatoms. The highest BCUT2D eigenvalue weighted by atomic mass is 16.5. The summed E-state index contributed by atoms with van der Waals surface area (Å²) in [5.74, 6) is -0.856. The van der Waals surface area contributed by atoms with Crippen molar-refractivity contribution in [3.63, 3.8) is 0 Å². The molecule has 1 aliphatic heterocycles. The molecule has 0 saturated carbocycles. The lowest BCUT2D eigenvalue weighted by molar-refractivity contribution is -0.148. The van der Waals surface area contributed by atoms with Crippen LogP contribution in [-0.4, -0.2) is 23.8 Å². The van der Waals surface area contributed by atoms with Crippen LogP contribution in [-0.2, 0) is 9.53 Å². The molecule has 2 atom stereocenters. The third-order valence-corrected chi connectivity index (χ3v) is 2.56. The van der Waals surface area contributed by atoms with Crippen molar-refractivity contribution in [2.24, 2.45) is 0 Å². The van der Waals surface area contributed by atoms with Gasteiger partial charge in [0.1, 0.15) is 0 Å². The van der Waals surface area contributed by atoms with E-state index in [1.54, 1.807) is 0 Å². The van der Waals surface area contributed by atoms with Crippen LogP contribution in [0, 0.1) is 0 Å². The Bertz CT molecular complexity index is 321. The molecule has 1 fully saturated rings. The van der Waals surface area contributed by atoms with E-state index in [-0.39, 0.29) is 5.92 Å². The molecule has 14 heavy (non-hydrogen) atoms. The molecule has 1 aromatic carbocycles. The molecule has 1 aromatic rings. The van der Waals surface area contributed by atoms with Gasteiger partial charge in [0, 0.05) is 12.5 Å². The molecule has 3 nitrogen and oxygen atoms in total. The van der Waals surface area contributed by atoms with E-state index < -0.39 is 12.1 Å². The van der Waals surface area contributed by atoms with Crippen molar-refractivity contribution in [1.82, 2.24) is 0 Å². The summed E-state index contributed by atoms with van der Waals surface area (Å²) in [5.41, 5.74) is 1.05. The highest BCUT2D eigenvalue weighted by Gasteiger charge is 2.34. The Morgan fingerprint density at radius 3 is 2.71 bits per heavy atom. The highest BCUT2D eigenvalue weighted by Crippen LogP contribution is 2.31. The normalized spacial score (nSPS) is 26.3. The fourth-order valence-corrected chi connectivity index (χ4v) is 1.87. The molecule has 74 valence electrons. The van der Waals surface area contributed by atoms with E-state index in [4.69, 9.17) is 9.84 Å². The molecule has 2 rings (SSSR count). The monoisotopic (exact) mass is 192 g/mol. The molecule has 1 heterocycles. The minimum absolute atomic E-state index is 0.00806. The number of carbonyl (C=O) groups is 1. The van der Waals surface area contributed by atoms with E-state index in [0.717, 1.165) is 12.0 Å². The summed E-state index contributed by atoms with van der Waals surface area (Å²) in [4.78, 5) is 10.9. The average Bonchev–Trinajstić information content (AvgIpc) is 2.67. The number of carboxylic acid groups (broad SMARTS) is 1. The van der Waals surface area contributed by atoms with Crippen molar-refractivity contribution in [3.05, 3.63) is 35.9 Å². The van der Waals surface area contributed by atoms with Crippen molar-refractivity contribution in [2.75, 3.05) is 6.61 Å². The maximum Gasteiger partial charge on any atom is 0.333 e. The van der Waals surface area contributed by atoms with Gasteiger partial charge in [-0.05, 0) is 12.0 Å². The molecule has 0 unspecified atom stereocenters. The van der Waals surface area contributed by atoms with Gasteiger partial charge < -0.3 is 9.84 Å². The van der Waals surface area contributed by atoms with Gasteiger partial charge in [-0.2, -0.15) is 0 Å². The van der Waals surface area contributed by atoms with E-state index in [1.165, 1.54) is 0 Å². The van der Waals surface area contributed by atoms with E-state index in [9.17, 15) is 4.79 Å². The quantitative estimate of drug-likeness (QED) is 0.774. The molecule has 0 amide bonds. The minimum Gasteiger partial charge on any atom is -0.479 e. The van der Waals surface area contributed by atoms with E-state index in [1.807, 2.05) is 30.3 Å². The molecule has 0 spiro atoms. The van der Waals surface area contributed by atoms with Crippen LogP contribution >= 0.6 is 0 Å². The van der Waals surface area contributed by atoms with Crippen LogP contribution in [0.15, 0.2) is 30.3 Å². The van der Waals surface area contributed by atoms with Gasteiger partial charge in [-0.15, -0.1) is 0 Å². The topological polar surface area (TPSA) is 46.5 Å². The predicted octanol–water partition coefficient (Wildman–Crippen LogP) is 1.64. The third-order valence-electron chi connectivity index (χ3n) is 2.56. The lowest BCUT2D eigenvalue weighted by Gasteiger charge is -2.14. The van der Waals surface area contributed by atoms with Gasteiger partial charge >= 0.3 is 5.97 Å².